The maximum atomic E-state index is 9.58. The average molecular weight is 202 g/mol. The molecule has 1 aliphatic rings. The van der Waals surface area contributed by atoms with Gasteiger partial charge in [0.1, 0.15) is 12.5 Å². The number of likely N-dealkylation sites (N-methyl/N-ethyl adjacent to an activating group) is 1. The Morgan fingerprint density at radius 1 is 1.50 bits per heavy atom. The highest BCUT2D eigenvalue weighted by Crippen LogP contribution is 2.27. The second-order valence-electron chi connectivity index (χ2n) is 3.88. The van der Waals surface area contributed by atoms with Gasteiger partial charge in [-0.3, -0.25) is 10.2 Å². The van der Waals surface area contributed by atoms with Crippen molar-refractivity contribution in [1.29, 1.82) is 0 Å². The highest BCUT2D eigenvalue weighted by molar-refractivity contribution is 4.82. The van der Waals surface area contributed by atoms with Crippen LogP contribution in [-0.2, 0) is 4.74 Å². The van der Waals surface area contributed by atoms with Gasteiger partial charge in [0.2, 0.25) is 0 Å². The van der Waals surface area contributed by atoms with Crippen LogP contribution >= 0.6 is 0 Å². The summed E-state index contributed by atoms with van der Waals surface area (Å²) in [4.78, 5) is 2.06. The molecule has 0 aromatic rings. The van der Waals surface area contributed by atoms with E-state index in [4.69, 9.17) is 4.74 Å². The van der Waals surface area contributed by atoms with Crippen molar-refractivity contribution in [1.82, 2.24) is 10.2 Å². The van der Waals surface area contributed by atoms with Crippen LogP contribution in [0.2, 0.25) is 0 Å². The Morgan fingerprint density at radius 3 is 2.71 bits per heavy atom. The molecular weight excluding hydrogens is 180 g/mol. The maximum absolute atomic E-state index is 9.58. The molecule has 1 aliphatic heterocycles. The van der Waals surface area contributed by atoms with Crippen LogP contribution in [0.1, 0.15) is 26.7 Å². The van der Waals surface area contributed by atoms with E-state index in [0.717, 1.165) is 19.4 Å². The molecule has 0 aliphatic carbocycles. The summed E-state index contributed by atoms with van der Waals surface area (Å²) in [6.07, 6.45) is 2.24. The van der Waals surface area contributed by atoms with Crippen LogP contribution in [0.5, 0.6) is 0 Å². The normalized spacial score (nSPS) is 28.1. The predicted molar refractivity (Wildman–Crippen MR) is 55.9 cm³/mol. The SMILES string of the molecule is CCCNC(O)CN(C)C1OC1CC. The Hall–Kier alpha value is -0.160. The Bertz CT molecular complexity index is 166. The van der Waals surface area contributed by atoms with Crippen LogP contribution in [0, 0.1) is 0 Å². The first-order chi connectivity index (χ1) is 6.69. The standard InChI is InChI=1S/C10H22N2O2/c1-4-6-11-9(13)7-12(3)10-8(5-2)14-10/h8-11,13H,4-7H2,1-3H3. The van der Waals surface area contributed by atoms with Gasteiger partial charge in [0.15, 0.2) is 0 Å². The summed E-state index contributed by atoms with van der Waals surface area (Å²) in [6.45, 7) is 5.68. The number of aliphatic hydroxyl groups excluding tert-OH is 1. The molecule has 0 aromatic heterocycles. The maximum Gasteiger partial charge on any atom is 0.137 e. The number of nitrogens with one attached hydrogen (secondary N) is 1. The third-order valence-corrected chi connectivity index (χ3v) is 2.48. The second-order valence-corrected chi connectivity index (χ2v) is 3.88. The van der Waals surface area contributed by atoms with Gasteiger partial charge in [-0.2, -0.15) is 0 Å². The summed E-state index contributed by atoms with van der Waals surface area (Å²) >= 11 is 0. The third kappa shape index (κ3) is 3.53. The lowest BCUT2D eigenvalue weighted by molar-refractivity contribution is 0.0764. The Morgan fingerprint density at radius 2 is 2.21 bits per heavy atom. The van der Waals surface area contributed by atoms with Crippen molar-refractivity contribution in [2.75, 3.05) is 20.1 Å². The van der Waals surface area contributed by atoms with E-state index >= 15 is 0 Å². The number of ether oxygens (including phenoxy) is 1. The molecule has 0 aromatic carbocycles. The highest BCUT2D eigenvalue weighted by Gasteiger charge is 2.40. The molecule has 14 heavy (non-hydrogen) atoms. The van der Waals surface area contributed by atoms with Crippen LogP contribution in [0.3, 0.4) is 0 Å². The van der Waals surface area contributed by atoms with Crippen LogP contribution < -0.4 is 5.32 Å². The van der Waals surface area contributed by atoms with E-state index in [1.54, 1.807) is 0 Å². The lowest BCUT2D eigenvalue weighted by Gasteiger charge is -2.19. The molecule has 1 rings (SSSR count). The van der Waals surface area contributed by atoms with Gasteiger partial charge in [-0.15, -0.1) is 0 Å². The van der Waals surface area contributed by atoms with E-state index in [2.05, 4.69) is 24.1 Å². The first-order valence-corrected chi connectivity index (χ1v) is 5.46. The van der Waals surface area contributed by atoms with E-state index in [9.17, 15) is 5.11 Å². The van der Waals surface area contributed by atoms with Crippen LogP contribution in [0.25, 0.3) is 0 Å². The summed E-state index contributed by atoms with van der Waals surface area (Å²) in [6, 6.07) is 0. The topological polar surface area (TPSA) is 48.0 Å². The molecule has 1 heterocycles. The molecule has 4 heteroatoms. The third-order valence-electron chi connectivity index (χ3n) is 2.48. The monoisotopic (exact) mass is 202 g/mol. The Kier molecular flexibility index (Phi) is 4.81. The lowest BCUT2D eigenvalue weighted by Crippen LogP contribution is -2.41. The molecule has 2 N–H and O–H groups in total. The molecule has 0 saturated carbocycles. The van der Waals surface area contributed by atoms with Gasteiger partial charge < -0.3 is 9.84 Å². The largest absolute Gasteiger partial charge is 0.377 e. The first-order valence-electron chi connectivity index (χ1n) is 5.46. The molecule has 0 bridgehead atoms. The lowest BCUT2D eigenvalue weighted by atomic mass is 10.3. The van der Waals surface area contributed by atoms with E-state index in [-0.39, 0.29) is 6.23 Å². The van der Waals surface area contributed by atoms with E-state index in [1.165, 1.54) is 0 Å². The van der Waals surface area contributed by atoms with Gasteiger partial charge in [-0.1, -0.05) is 13.8 Å². The molecule has 1 fully saturated rings. The summed E-state index contributed by atoms with van der Waals surface area (Å²) in [5.41, 5.74) is 0. The van der Waals surface area contributed by atoms with Gasteiger partial charge in [-0.05, 0) is 26.4 Å². The Labute approximate surface area is 86.2 Å². The van der Waals surface area contributed by atoms with Crippen LogP contribution in [-0.4, -0.2) is 48.7 Å². The van der Waals surface area contributed by atoms with Crippen molar-refractivity contribution >= 4 is 0 Å². The van der Waals surface area contributed by atoms with Gasteiger partial charge in [0.25, 0.3) is 0 Å². The van der Waals surface area contributed by atoms with E-state index in [0.29, 0.717) is 12.6 Å². The number of hydrogen-bond acceptors (Lipinski definition) is 4. The van der Waals surface area contributed by atoms with Gasteiger partial charge in [0.05, 0.1) is 6.10 Å². The van der Waals surface area contributed by atoms with Crippen molar-refractivity contribution in [3.63, 3.8) is 0 Å². The summed E-state index contributed by atoms with van der Waals surface area (Å²) < 4.78 is 5.42. The molecule has 0 radical (unpaired) electrons. The molecule has 4 nitrogen and oxygen atoms in total. The van der Waals surface area contributed by atoms with Crippen molar-refractivity contribution in [3.05, 3.63) is 0 Å². The minimum atomic E-state index is -0.443. The van der Waals surface area contributed by atoms with Crippen molar-refractivity contribution in [2.45, 2.75) is 45.2 Å². The zero-order valence-corrected chi connectivity index (χ0v) is 9.36. The van der Waals surface area contributed by atoms with Gasteiger partial charge in [-0.25, -0.2) is 0 Å². The molecule has 3 atom stereocenters. The van der Waals surface area contributed by atoms with E-state index in [1.807, 2.05) is 7.05 Å². The summed E-state index contributed by atoms with van der Waals surface area (Å²) in [7, 11) is 1.98. The fourth-order valence-electron chi connectivity index (χ4n) is 1.57. The quantitative estimate of drug-likeness (QED) is 0.462. The molecular formula is C10H22N2O2. The number of epoxide rings is 1. The highest BCUT2D eigenvalue weighted by atomic mass is 16.6. The zero-order chi connectivity index (χ0) is 10.6. The van der Waals surface area contributed by atoms with Crippen LogP contribution in [0.4, 0.5) is 0 Å². The number of nitrogens with zero attached hydrogens (tertiary/aromatic N) is 1. The number of aliphatic hydroxyl groups is 1. The van der Waals surface area contributed by atoms with Crippen molar-refractivity contribution in [3.8, 4) is 0 Å². The number of rotatable bonds is 7. The molecule has 3 unspecified atom stereocenters. The van der Waals surface area contributed by atoms with Gasteiger partial charge >= 0.3 is 0 Å². The first kappa shape index (κ1) is 11.9. The zero-order valence-electron chi connectivity index (χ0n) is 9.36. The average Bonchev–Trinajstić information content (AvgIpc) is 2.93. The van der Waals surface area contributed by atoms with Gasteiger partial charge in [0, 0.05) is 6.54 Å². The summed E-state index contributed by atoms with van der Waals surface area (Å²) in [5, 5.41) is 12.6. The van der Waals surface area contributed by atoms with Crippen molar-refractivity contribution in [2.24, 2.45) is 0 Å². The van der Waals surface area contributed by atoms with E-state index < -0.39 is 6.23 Å². The predicted octanol–water partition coefficient (Wildman–Crippen LogP) is 0.371. The molecule has 0 amide bonds. The second kappa shape index (κ2) is 5.66. The molecule has 0 spiro atoms. The Balaban J connectivity index is 2.11. The smallest absolute Gasteiger partial charge is 0.137 e. The minimum absolute atomic E-state index is 0.220. The number of hydrogen-bond donors (Lipinski definition) is 2. The van der Waals surface area contributed by atoms with Crippen molar-refractivity contribution < 1.29 is 9.84 Å². The summed E-state index contributed by atoms with van der Waals surface area (Å²) in [5.74, 6) is 0. The molecule has 84 valence electrons. The fourth-order valence-corrected chi connectivity index (χ4v) is 1.57. The molecule has 1 saturated heterocycles. The minimum Gasteiger partial charge on any atom is -0.377 e. The fraction of sp³-hybridized carbons (Fsp3) is 1.00. The van der Waals surface area contributed by atoms with Crippen LogP contribution in [0.15, 0.2) is 0 Å².